The van der Waals surface area contributed by atoms with Crippen LogP contribution < -0.4 is 10.1 Å². The zero-order chi connectivity index (χ0) is 18.7. The van der Waals surface area contributed by atoms with E-state index in [9.17, 15) is 5.11 Å². The van der Waals surface area contributed by atoms with Gasteiger partial charge >= 0.3 is 0 Å². The molecule has 1 aliphatic carbocycles. The van der Waals surface area contributed by atoms with Gasteiger partial charge in [0.05, 0.1) is 24.1 Å². The number of rotatable bonds is 7. The fourth-order valence-corrected chi connectivity index (χ4v) is 3.61. The minimum absolute atomic E-state index is 0.536. The van der Waals surface area contributed by atoms with E-state index in [0.29, 0.717) is 12.3 Å². The summed E-state index contributed by atoms with van der Waals surface area (Å²) in [5, 5.41) is 13.4. The molecule has 0 unspecified atom stereocenters. The van der Waals surface area contributed by atoms with Gasteiger partial charge in [-0.3, -0.25) is 0 Å². The molecular weight excluding hydrogens is 326 g/mol. The molecule has 0 bridgehead atoms. The number of anilines is 1. The maximum atomic E-state index is 9.93. The van der Waals surface area contributed by atoms with Crippen molar-refractivity contribution in [2.24, 2.45) is 5.92 Å². The minimum atomic E-state index is -0.683. The minimum Gasteiger partial charge on any atom is -0.494 e. The third-order valence-corrected chi connectivity index (χ3v) is 5.21. The number of nitrogens with one attached hydrogen (secondary N) is 1. The fraction of sp³-hybridized carbons (Fsp3) is 0.571. The first kappa shape index (κ1) is 18.8. The van der Waals surface area contributed by atoms with Crippen molar-refractivity contribution in [3.8, 4) is 5.75 Å². The molecule has 1 saturated carbocycles. The first-order chi connectivity index (χ1) is 12.4. The molecule has 2 aromatic rings. The first-order valence-electron chi connectivity index (χ1n) is 9.59. The second kappa shape index (κ2) is 7.70. The molecule has 0 aliphatic heterocycles. The molecule has 1 fully saturated rings. The van der Waals surface area contributed by atoms with E-state index in [1.165, 1.54) is 32.1 Å². The summed E-state index contributed by atoms with van der Waals surface area (Å²) in [5.41, 5.74) is 3.13. The molecule has 2 aromatic heterocycles. The normalized spacial score (nSPS) is 16.0. The lowest BCUT2D eigenvalue weighted by molar-refractivity contribution is 0.0711. The average Bonchev–Trinajstić information content (AvgIpc) is 3.01. The second-order valence-corrected chi connectivity index (χ2v) is 8.05. The van der Waals surface area contributed by atoms with Gasteiger partial charge in [0.15, 0.2) is 0 Å². The number of methoxy groups -OCH3 is 1. The van der Waals surface area contributed by atoms with Crippen molar-refractivity contribution in [3.05, 3.63) is 36.4 Å². The van der Waals surface area contributed by atoms with Crippen LogP contribution in [0.4, 0.5) is 5.69 Å². The molecule has 0 aromatic carbocycles. The highest BCUT2D eigenvalue weighted by molar-refractivity contribution is 5.64. The van der Waals surface area contributed by atoms with E-state index in [4.69, 9.17) is 4.74 Å². The zero-order valence-electron chi connectivity index (χ0n) is 16.2. The van der Waals surface area contributed by atoms with Crippen LogP contribution in [0.2, 0.25) is 0 Å². The molecule has 0 radical (unpaired) electrons. The Labute approximate surface area is 156 Å². The van der Waals surface area contributed by atoms with E-state index < -0.39 is 5.60 Å². The largest absolute Gasteiger partial charge is 0.494 e. The average molecular weight is 357 g/mol. The van der Waals surface area contributed by atoms with Gasteiger partial charge in [0.1, 0.15) is 11.4 Å². The van der Waals surface area contributed by atoms with Gasteiger partial charge in [-0.1, -0.05) is 25.8 Å². The van der Waals surface area contributed by atoms with Crippen LogP contribution in [0, 0.1) is 5.92 Å². The number of allylic oxidation sites excluding steroid dienone is 1. The molecule has 2 heterocycles. The molecule has 0 spiro atoms. The predicted octanol–water partition coefficient (Wildman–Crippen LogP) is 4.55. The van der Waals surface area contributed by atoms with Crippen molar-refractivity contribution in [1.29, 1.82) is 0 Å². The number of aromatic nitrogens is 2. The van der Waals surface area contributed by atoms with Gasteiger partial charge in [0.25, 0.3) is 0 Å². The summed E-state index contributed by atoms with van der Waals surface area (Å²) in [7, 11) is 1.68. The first-order valence-corrected chi connectivity index (χ1v) is 9.59. The third kappa shape index (κ3) is 4.58. The summed E-state index contributed by atoms with van der Waals surface area (Å²) >= 11 is 0. The van der Waals surface area contributed by atoms with E-state index in [-0.39, 0.29) is 0 Å². The van der Waals surface area contributed by atoms with Crippen LogP contribution in [0.15, 0.2) is 30.7 Å². The van der Waals surface area contributed by atoms with Crippen molar-refractivity contribution in [2.75, 3.05) is 12.4 Å². The number of fused-ring (bicyclic) bond motifs is 1. The van der Waals surface area contributed by atoms with E-state index >= 15 is 0 Å². The summed E-state index contributed by atoms with van der Waals surface area (Å²) in [6.45, 7) is 7.92. The van der Waals surface area contributed by atoms with Crippen molar-refractivity contribution < 1.29 is 9.84 Å². The van der Waals surface area contributed by atoms with Gasteiger partial charge in [-0.25, -0.2) is 4.98 Å². The molecule has 0 saturated heterocycles. The van der Waals surface area contributed by atoms with Crippen molar-refractivity contribution in [2.45, 2.75) is 64.4 Å². The number of pyridine rings is 1. The van der Waals surface area contributed by atoms with Gasteiger partial charge in [-0.05, 0) is 45.4 Å². The lowest BCUT2D eigenvalue weighted by Gasteiger charge is -2.25. The summed E-state index contributed by atoms with van der Waals surface area (Å²) < 4.78 is 7.58. The highest BCUT2D eigenvalue weighted by atomic mass is 16.5. The quantitative estimate of drug-likeness (QED) is 0.763. The lowest BCUT2D eigenvalue weighted by Crippen LogP contribution is -2.19. The molecule has 5 heteroatoms. The highest BCUT2D eigenvalue weighted by Gasteiger charge is 2.18. The molecule has 5 nitrogen and oxygen atoms in total. The Balaban J connectivity index is 1.79. The molecule has 26 heavy (non-hydrogen) atoms. The van der Waals surface area contributed by atoms with Crippen LogP contribution in [0.25, 0.3) is 5.65 Å². The molecule has 142 valence electrons. The third-order valence-electron chi connectivity index (χ3n) is 5.21. The summed E-state index contributed by atoms with van der Waals surface area (Å²) in [5.74, 6) is 1.31. The Morgan fingerprint density at radius 3 is 2.73 bits per heavy atom. The van der Waals surface area contributed by atoms with E-state index in [1.54, 1.807) is 7.11 Å². The van der Waals surface area contributed by atoms with Gasteiger partial charge < -0.3 is 19.6 Å². The van der Waals surface area contributed by atoms with Crippen LogP contribution in [0.3, 0.4) is 0 Å². The predicted molar refractivity (Wildman–Crippen MR) is 106 cm³/mol. The van der Waals surface area contributed by atoms with Crippen LogP contribution in [0.5, 0.6) is 5.75 Å². The van der Waals surface area contributed by atoms with Crippen molar-refractivity contribution in [1.82, 2.24) is 9.38 Å². The summed E-state index contributed by atoms with van der Waals surface area (Å²) in [6.07, 6.45) is 11.8. The van der Waals surface area contributed by atoms with E-state index in [0.717, 1.165) is 34.9 Å². The molecule has 0 amide bonds. The zero-order valence-corrected chi connectivity index (χ0v) is 16.2. The maximum Gasteiger partial charge on any atom is 0.147 e. The van der Waals surface area contributed by atoms with E-state index in [2.05, 4.69) is 16.9 Å². The van der Waals surface area contributed by atoms with Gasteiger partial charge in [0, 0.05) is 24.2 Å². The Kier molecular flexibility index (Phi) is 5.56. The number of hydrogen-bond donors (Lipinski definition) is 2. The van der Waals surface area contributed by atoms with Crippen molar-refractivity contribution >= 4 is 11.3 Å². The van der Waals surface area contributed by atoms with Crippen LogP contribution in [-0.4, -0.2) is 27.2 Å². The van der Waals surface area contributed by atoms with Crippen molar-refractivity contribution in [3.63, 3.8) is 0 Å². The smallest absolute Gasteiger partial charge is 0.147 e. The number of imidazole rings is 1. The number of aryl methyl sites for hydroxylation is 1. The molecule has 2 N–H and O–H groups in total. The maximum absolute atomic E-state index is 9.93. The topological polar surface area (TPSA) is 58.8 Å². The summed E-state index contributed by atoms with van der Waals surface area (Å²) in [4.78, 5) is 4.66. The molecule has 1 aliphatic rings. The highest BCUT2D eigenvalue weighted by Crippen LogP contribution is 2.33. The number of nitrogens with zero attached hydrogens (tertiary/aromatic N) is 2. The standard InChI is InChI=1S/C21H31N3O2/c1-15(16-8-6-5-7-9-16)22-18-14-24-13-17(10-11-21(2,3)25)23-20(24)12-19(18)26-4/h12-14,16,22,25H,1,5-11H2,2-4H3. The van der Waals surface area contributed by atoms with Crippen LogP contribution in [-0.2, 0) is 6.42 Å². The van der Waals surface area contributed by atoms with Crippen LogP contribution >= 0.6 is 0 Å². The summed E-state index contributed by atoms with van der Waals surface area (Å²) in [6, 6.07) is 1.95. The van der Waals surface area contributed by atoms with E-state index in [1.807, 2.05) is 36.7 Å². The number of ether oxygens (including phenoxy) is 1. The Morgan fingerprint density at radius 2 is 2.08 bits per heavy atom. The second-order valence-electron chi connectivity index (χ2n) is 8.05. The Bertz CT molecular complexity index is 767. The molecular formula is C21H31N3O2. The lowest BCUT2D eigenvalue weighted by atomic mass is 9.87. The Hall–Kier alpha value is -2.01. The number of hydrogen-bond acceptors (Lipinski definition) is 4. The van der Waals surface area contributed by atoms with Gasteiger partial charge in [-0.15, -0.1) is 0 Å². The van der Waals surface area contributed by atoms with Crippen LogP contribution in [0.1, 0.15) is 58.1 Å². The Morgan fingerprint density at radius 1 is 1.35 bits per heavy atom. The SMILES string of the molecule is C=C(Nc1cn2cc(CCC(C)(C)O)nc2cc1OC)C1CCCCC1. The van der Waals surface area contributed by atoms with Gasteiger partial charge in [-0.2, -0.15) is 0 Å². The van der Waals surface area contributed by atoms with Gasteiger partial charge in [0.2, 0.25) is 0 Å². The fourth-order valence-electron chi connectivity index (χ4n) is 3.61. The number of aliphatic hydroxyl groups is 1. The monoisotopic (exact) mass is 357 g/mol. The molecule has 3 rings (SSSR count). The molecule has 0 atom stereocenters.